The van der Waals surface area contributed by atoms with E-state index in [9.17, 15) is 10.2 Å². The highest BCUT2D eigenvalue weighted by molar-refractivity contribution is 7.74. The van der Waals surface area contributed by atoms with Crippen LogP contribution < -0.4 is 9.47 Å². The highest BCUT2D eigenvalue weighted by Crippen LogP contribution is 2.44. The van der Waals surface area contributed by atoms with Crippen LogP contribution in [0.3, 0.4) is 0 Å². The Morgan fingerprint density at radius 3 is 1.85 bits per heavy atom. The number of phenols is 2. The van der Waals surface area contributed by atoms with Gasteiger partial charge in [0.25, 0.3) is 7.73 Å². The fraction of sp³-hybridized carbons (Fsp3) is 0.333. The highest BCUT2D eigenvalue weighted by atomic mass is 35.7. The van der Waals surface area contributed by atoms with Crippen molar-refractivity contribution < 1.29 is 29.5 Å². The molecule has 2 aromatic rings. The van der Waals surface area contributed by atoms with Crippen LogP contribution in [0, 0.1) is 0 Å². The van der Waals surface area contributed by atoms with Gasteiger partial charge in [-0.3, -0.25) is 0 Å². The minimum atomic E-state index is -2.15. The lowest BCUT2D eigenvalue weighted by atomic mass is 9.84. The van der Waals surface area contributed by atoms with Gasteiger partial charge < -0.3 is 29.5 Å². The number of rotatable bonds is 3. The van der Waals surface area contributed by atoms with Gasteiger partial charge in [-0.2, -0.15) is 0 Å². The Labute approximate surface area is 159 Å². The molecule has 2 aromatic carbocycles. The first-order chi connectivity index (χ1) is 12.0. The Hall–Kier alpha value is -1.72. The van der Waals surface area contributed by atoms with E-state index in [0.29, 0.717) is 22.6 Å². The van der Waals surface area contributed by atoms with Crippen LogP contribution in [0.25, 0.3) is 11.1 Å². The summed E-state index contributed by atoms with van der Waals surface area (Å²) in [5.74, 6) is 1.44. The van der Waals surface area contributed by atoms with Gasteiger partial charge in [-0.15, -0.1) is 0 Å². The quantitative estimate of drug-likeness (QED) is 0.563. The summed E-state index contributed by atoms with van der Waals surface area (Å²) in [6.45, 7) is 6.03. The molecule has 0 unspecified atom stereocenters. The molecule has 0 amide bonds. The molecule has 0 atom stereocenters. The Kier molecular flexibility index (Phi) is 7.97. The van der Waals surface area contributed by atoms with Crippen molar-refractivity contribution in [2.45, 2.75) is 26.2 Å². The van der Waals surface area contributed by atoms with E-state index in [1.165, 1.54) is 0 Å². The van der Waals surface area contributed by atoms with Crippen LogP contribution in [0.15, 0.2) is 30.3 Å². The summed E-state index contributed by atoms with van der Waals surface area (Å²) in [5, 5.41) is 20.8. The zero-order valence-electron chi connectivity index (χ0n) is 15.3. The summed E-state index contributed by atoms with van der Waals surface area (Å²) in [7, 11) is 0.987. The number of aromatic hydroxyl groups is 2. The first kappa shape index (κ1) is 22.3. The van der Waals surface area contributed by atoms with Crippen LogP contribution in [0.1, 0.15) is 26.3 Å². The number of hydrogen-bond donors (Lipinski definition) is 4. The fourth-order valence-corrected chi connectivity index (χ4v) is 2.36. The predicted octanol–water partition coefficient (Wildman–Crippen LogP) is 4.52. The lowest BCUT2D eigenvalue weighted by Gasteiger charge is -2.23. The lowest BCUT2D eigenvalue weighted by molar-refractivity contribution is 0.405. The smallest absolute Gasteiger partial charge is 0.271 e. The van der Waals surface area contributed by atoms with Crippen LogP contribution in [0.2, 0.25) is 0 Å². The molecule has 0 radical (unpaired) electrons. The monoisotopic (exact) mass is 402 g/mol. The van der Waals surface area contributed by atoms with E-state index in [1.54, 1.807) is 38.5 Å². The van der Waals surface area contributed by atoms with Crippen molar-refractivity contribution in [3.05, 3.63) is 35.9 Å². The molecule has 8 heteroatoms. The molecule has 0 heterocycles. The van der Waals surface area contributed by atoms with Gasteiger partial charge in [0.1, 0.15) is 23.0 Å². The van der Waals surface area contributed by atoms with Gasteiger partial charge in [0.05, 0.1) is 14.2 Å². The zero-order chi connectivity index (χ0) is 20.1. The third-order valence-electron chi connectivity index (χ3n) is 3.62. The number of methoxy groups -OCH3 is 2. The minimum Gasteiger partial charge on any atom is -0.507 e. The third-order valence-corrected chi connectivity index (χ3v) is 3.62. The number of hydrogen-bond acceptors (Lipinski definition) is 6. The SMILES string of the molecule is COc1ccc(O)c(-c2cc(OC)cc(C(C)(C)C)c2O)c1.OP(O)Cl. The number of halogens is 1. The van der Waals surface area contributed by atoms with Crippen molar-refractivity contribution in [2.75, 3.05) is 14.2 Å². The van der Waals surface area contributed by atoms with Gasteiger partial charge in [-0.05, 0) is 47.0 Å². The molecular weight excluding hydrogens is 379 g/mol. The maximum atomic E-state index is 10.7. The third kappa shape index (κ3) is 5.92. The van der Waals surface area contributed by atoms with Crippen molar-refractivity contribution in [1.29, 1.82) is 0 Å². The van der Waals surface area contributed by atoms with Crippen molar-refractivity contribution in [1.82, 2.24) is 0 Å². The van der Waals surface area contributed by atoms with E-state index >= 15 is 0 Å². The molecule has 2 rings (SSSR count). The van der Waals surface area contributed by atoms with E-state index in [1.807, 2.05) is 26.8 Å². The standard InChI is InChI=1S/C18H22O4.ClH2O2P/c1-18(2,3)15-10-12(22-5)9-14(17(15)20)13-8-11(21-4)6-7-16(13)19;1-4(2)3/h6-10,19-20H,1-5H3;2-3H. The number of phenolic OH excluding ortho intramolecular Hbond substituents is 2. The predicted molar refractivity (Wildman–Crippen MR) is 104 cm³/mol. The molecule has 0 bridgehead atoms. The summed E-state index contributed by atoms with van der Waals surface area (Å²) in [5.41, 5.74) is 1.51. The first-order valence-corrected chi connectivity index (χ1v) is 9.79. The zero-order valence-corrected chi connectivity index (χ0v) is 17.0. The van der Waals surface area contributed by atoms with Gasteiger partial charge >= 0.3 is 0 Å². The van der Waals surface area contributed by atoms with Gasteiger partial charge in [-0.1, -0.05) is 20.8 Å². The van der Waals surface area contributed by atoms with E-state index in [-0.39, 0.29) is 16.9 Å². The molecule has 0 aliphatic carbocycles. The average molecular weight is 403 g/mol. The lowest BCUT2D eigenvalue weighted by Crippen LogP contribution is -2.12. The molecule has 0 fully saturated rings. The van der Waals surface area contributed by atoms with Crippen molar-refractivity contribution in [3.8, 4) is 34.1 Å². The van der Waals surface area contributed by atoms with Crippen LogP contribution in [-0.4, -0.2) is 34.2 Å². The van der Waals surface area contributed by atoms with Crippen LogP contribution >= 0.6 is 19.0 Å². The van der Waals surface area contributed by atoms with E-state index in [2.05, 4.69) is 11.2 Å². The fourth-order valence-electron chi connectivity index (χ4n) is 2.36. The number of benzene rings is 2. The summed E-state index contributed by atoms with van der Waals surface area (Å²) >= 11 is 4.45. The molecule has 0 saturated heterocycles. The Morgan fingerprint density at radius 2 is 1.38 bits per heavy atom. The molecule has 6 nitrogen and oxygen atoms in total. The Bertz CT molecular complexity index is 740. The van der Waals surface area contributed by atoms with Crippen LogP contribution in [0.5, 0.6) is 23.0 Å². The molecule has 0 saturated carbocycles. The topological polar surface area (TPSA) is 99.4 Å². The first-order valence-electron chi connectivity index (χ1n) is 7.63. The molecule has 0 aromatic heterocycles. The van der Waals surface area contributed by atoms with Crippen LogP contribution in [0.4, 0.5) is 0 Å². The molecule has 0 aliphatic heterocycles. The van der Waals surface area contributed by atoms with Crippen molar-refractivity contribution in [2.24, 2.45) is 0 Å². The molecule has 0 spiro atoms. The maximum absolute atomic E-state index is 10.7. The van der Waals surface area contributed by atoms with Crippen LogP contribution in [-0.2, 0) is 5.41 Å². The average Bonchev–Trinajstić information content (AvgIpc) is 2.54. The minimum absolute atomic E-state index is 0.0733. The van der Waals surface area contributed by atoms with E-state index in [4.69, 9.17) is 19.3 Å². The maximum Gasteiger partial charge on any atom is 0.271 e. The summed E-state index contributed by atoms with van der Waals surface area (Å²) < 4.78 is 10.5. The number of ether oxygens (including phenoxy) is 2. The van der Waals surface area contributed by atoms with Crippen molar-refractivity contribution >= 4 is 19.0 Å². The Balaban J connectivity index is 0.000000765. The second kappa shape index (κ2) is 9.28. The van der Waals surface area contributed by atoms with Gasteiger partial charge in [-0.25, -0.2) is 0 Å². The molecule has 0 aliphatic rings. The summed E-state index contributed by atoms with van der Waals surface area (Å²) in [4.78, 5) is 14.9. The van der Waals surface area contributed by atoms with Gasteiger partial charge in [0.15, 0.2) is 0 Å². The molecule has 144 valence electrons. The molecule has 26 heavy (non-hydrogen) atoms. The second-order valence-corrected chi connectivity index (χ2v) is 7.83. The summed E-state index contributed by atoms with van der Waals surface area (Å²) in [6.07, 6.45) is 0. The van der Waals surface area contributed by atoms with Gasteiger partial charge in [0.2, 0.25) is 0 Å². The van der Waals surface area contributed by atoms with E-state index < -0.39 is 7.73 Å². The molecular formula is C18H24ClO6P. The highest BCUT2D eigenvalue weighted by Gasteiger charge is 2.23. The second-order valence-electron chi connectivity index (χ2n) is 6.44. The summed E-state index contributed by atoms with van der Waals surface area (Å²) in [6, 6.07) is 8.43. The van der Waals surface area contributed by atoms with Crippen molar-refractivity contribution in [3.63, 3.8) is 0 Å². The molecule has 4 N–H and O–H groups in total. The normalized spacial score (nSPS) is 11.0. The van der Waals surface area contributed by atoms with E-state index in [0.717, 1.165) is 5.56 Å². The Morgan fingerprint density at radius 1 is 0.885 bits per heavy atom. The van der Waals surface area contributed by atoms with Gasteiger partial charge in [0, 0.05) is 16.7 Å². The largest absolute Gasteiger partial charge is 0.507 e.